The molecule has 1 aromatic carbocycles. The molecule has 1 rings (SSSR count). The van der Waals surface area contributed by atoms with E-state index in [1.165, 1.54) is 0 Å². The van der Waals surface area contributed by atoms with E-state index in [0.717, 1.165) is 18.3 Å². The molecule has 0 radical (unpaired) electrons. The highest BCUT2D eigenvalue weighted by molar-refractivity contribution is 6.32. The molecule has 0 heterocycles. The maximum Gasteiger partial charge on any atom is 0.332 e. The minimum atomic E-state index is -0.940. The Bertz CT molecular complexity index is 506. The molecular formula is C8H6ClFN4O3. The number of hydrogen-bond acceptors (Lipinski definition) is 4. The van der Waals surface area contributed by atoms with E-state index in [4.69, 9.17) is 17.3 Å². The summed E-state index contributed by atoms with van der Waals surface area (Å²) in [5.74, 6) is -0.810. The first kappa shape index (κ1) is 12.8. The number of carbonyl (C=O) groups is 1. The second-order valence-corrected chi connectivity index (χ2v) is 3.22. The van der Waals surface area contributed by atoms with Crippen molar-refractivity contribution in [3.8, 4) is 0 Å². The molecule has 7 nitrogen and oxygen atoms in total. The predicted molar refractivity (Wildman–Crippen MR) is 58.4 cm³/mol. The van der Waals surface area contributed by atoms with Gasteiger partial charge in [-0.1, -0.05) is 11.6 Å². The van der Waals surface area contributed by atoms with Gasteiger partial charge < -0.3 is 5.73 Å². The third-order valence-corrected chi connectivity index (χ3v) is 1.94. The number of nitrogens with one attached hydrogen (secondary N) is 1. The summed E-state index contributed by atoms with van der Waals surface area (Å²) in [6, 6.07) is 0.736. The van der Waals surface area contributed by atoms with Crippen molar-refractivity contribution in [1.82, 2.24) is 5.43 Å². The summed E-state index contributed by atoms with van der Waals surface area (Å²) in [4.78, 5) is 20.0. The Morgan fingerprint density at radius 3 is 2.82 bits per heavy atom. The highest BCUT2D eigenvalue weighted by atomic mass is 35.5. The molecule has 0 spiro atoms. The van der Waals surface area contributed by atoms with E-state index in [-0.39, 0.29) is 10.6 Å². The van der Waals surface area contributed by atoms with Crippen LogP contribution in [-0.4, -0.2) is 17.2 Å². The topological polar surface area (TPSA) is 111 Å². The molecule has 0 unspecified atom stereocenters. The van der Waals surface area contributed by atoms with Gasteiger partial charge in [0.1, 0.15) is 10.8 Å². The second kappa shape index (κ2) is 5.21. The highest BCUT2D eigenvalue weighted by Gasteiger charge is 2.15. The van der Waals surface area contributed by atoms with E-state index in [1.54, 1.807) is 0 Å². The highest BCUT2D eigenvalue weighted by Crippen LogP contribution is 2.26. The molecule has 0 bridgehead atoms. The number of hydrogen-bond donors (Lipinski definition) is 2. The van der Waals surface area contributed by atoms with Gasteiger partial charge in [-0.3, -0.25) is 10.1 Å². The number of carbonyl (C=O) groups excluding carboxylic acids is 1. The molecule has 0 saturated heterocycles. The Balaban J connectivity index is 3.07. The molecule has 9 heteroatoms. The quantitative estimate of drug-likeness (QED) is 0.486. The van der Waals surface area contributed by atoms with Crippen LogP contribution in [0.3, 0.4) is 0 Å². The van der Waals surface area contributed by atoms with E-state index in [9.17, 15) is 19.3 Å². The van der Waals surface area contributed by atoms with E-state index in [1.807, 2.05) is 5.43 Å². The average Bonchev–Trinajstić information content (AvgIpc) is 2.20. The lowest BCUT2D eigenvalue weighted by Crippen LogP contribution is -2.24. The van der Waals surface area contributed by atoms with Gasteiger partial charge in [0.25, 0.3) is 5.69 Å². The standard InChI is InChI=1S/C8H6ClFN4O3/c9-5-2-6(10)4(1-7(5)14(16)17)3-12-13-8(11)15/h1-3H,(H3,11,13,15). The van der Waals surface area contributed by atoms with Crippen molar-refractivity contribution >= 4 is 29.5 Å². The maximum atomic E-state index is 13.3. The van der Waals surface area contributed by atoms with Crippen LogP contribution >= 0.6 is 11.6 Å². The normalized spacial score (nSPS) is 10.5. The molecule has 0 atom stereocenters. The van der Waals surface area contributed by atoms with E-state index in [0.29, 0.717) is 0 Å². The SMILES string of the molecule is NC(=O)NN=Cc1cc([N+](=O)[O-])c(Cl)cc1F. The number of urea groups is 1. The lowest BCUT2D eigenvalue weighted by molar-refractivity contribution is -0.384. The van der Waals surface area contributed by atoms with Gasteiger partial charge in [-0.2, -0.15) is 5.10 Å². The number of hydrazone groups is 1. The first-order valence-electron chi connectivity index (χ1n) is 4.13. The van der Waals surface area contributed by atoms with Crippen molar-refractivity contribution in [1.29, 1.82) is 0 Å². The number of nitro groups is 1. The minimum absolute atomic E-state index is 0.199. The molecule has 0 aliphatic rings. The van der Waals surface area contributed by atoms with Crippen molar-refractivity contribution in [2.75, 3.05) is 0 Å². The van der Waals surface area contributed by atoms with Crippen LogP contribution in [-0.2, 0) is 0 Å². The fraction of sp³-hybridized carbons (Fsp3) is 0. The van der Waals surface area contributed by atoms with Gasteiger partial charge in [0.15, 0.2) is 0 Å². The fourth-order valence-corrected chi connectivity index (χ4v) is 1.18. The summed E-state index contributed by atoms with van der Waals surface area (Å²) in [7, 11) is 0. The third kappa shape index (κ3) is 3.38. The molecule has 0 fully saturated rings. The minimum Gasteiger partial charge on any atom is -0.350 e. The van der Waals surface area contributed by atoms with E-state index < -0.39 is 22.5 Å². The van der Waals surface area contributed by atoms with Crippen molar-refractivity contribution < 1.29 is 14.1 Å². The molecule has 17 heavy (non-hydrogen) atoms. The molecule has 0 saturated carbocycles. The first-order chi connectivity index (χ1) is 7.91. The molecule has 1 aromatic rings. The average molecular weight is 261 g/mol. The van der Waals surface area contributed by atoms with Crippen LogP contribution in [0.2, 0.25) is 5.02 Å². The third-order valence-electron chi connectivity index (χ3n) is 1.64. The van der Waals surface area contributed by atoms with Gasteiger partial charge >= 0.3 is 6.03 Å². The van der Waals surface area contributed by atoms with Crippen molar-refractivity contribution in [3.63, 3.8) is 0 Å². The Hall–Kier alpha value is -2.22. The predicted octanol–water partition coefficient (Wildman–Crippen LogP) is 1.39. The zero-order chi connectivity index (χ0) is 13.0. The van der Waals surface area contributed by atoms with Crippen LogP contribution in [0.25, 0.3) is 0 Å². The summed E-state index contributed by atoms with van der Waals surface area (Å²) in [6.07, 6.45) is 0.878. The number of primary amides is 1. The number of benzene rings is 1. The second-order valence-electron chi connectivity index (χ2n) is 2.82. The van der Waals surface area contributed by atoms with Gasteiger partial charge in [-0.15, -0.1) is 0 Å². The zero-order valence-electron chi connectivity index (χ0n) is 8.18. The van der Waals surface area contributed by atoms with Crippen molar-refractivity contribution in [2.45, 2.75) is 0 Å². The van der Waals surface area contributed by atoms with Crippen LogP contribution in [0.1, 0.15) is 5.56 Å². The zero-order valence-corrected chi connectivity index (χ0v) is 8.94. The van der Waals surface area contributed by atoms with Crippen LogP contribution in [0, 0.1) is 15.9 Å². The first-order valence-corrected chi connectivity index (χ1v) is 4.51. The number of nitrogens with two attached hydrogens (primary N) is 1. The van der Waals surface area contributed by atoms with E-state index >= 15 is 0 Å². The Kier molecular flexibility index (Phi) is 3.94. The van der Waals surface area contributed by atoms with Crippen molar-refractivity contribution in [2.24, 2.45) is 10.8 Å². The van der Waals surface area contributed by atoms with Gasteiger partial charge in [-0.25, -0.2) is 14.6 Å². The molecule has 0 aromatic heterocycles. The molecule has 0 aliphatic heterocycles. The summed E-state index contributed by atoms with van der Waals surface area (Å²) in [5, 5.41) is 13.5. The summed E-state index contributed by atoms with van der Waals surface area (Å²) >= 11 is 5.47. The smallest absolute Gasteiger partial charge is 0.332 e. The summed E-state index contributed by atoms with van der Waals surface area (Å²) in [5.41, 5.74) is 5.87. The number of amides is 2. The van der Waals surface area contributed by atoms with Crippen LogP contribution in [0.15, 0.2) is 17.2 Å². The van der Waals surface area contributed by atoms with Crippen LogP contribution < -0.4 is 11.2 Å². The van der Waals surface area contributed by atoms with Gasteiger partial charge in [0.2, 0.25) is 0 Å². The monoisotopic (exact) mass is 260 g/mol. The van der Waals surface area contributed by atoms with Gasteiger partial charge in [0, 0.05) is 17.7 Å². The molecule has 2 amide bonds. The van der Waals surface area contributed by atoms with Crippen molar-refractivity contribution in [3.05, 3.63) is 38.7 Å². The van der Waals surface area contributed by atoms with Gasteiger partial charge in [0.05, 0.1) is 11.1 Å². The van der Waals surface area contributed by atoms with Crippen LogP contribution in [0.5, 0.6) is 0 Å². The largest absolute Gasteiger partial charge is 0.350 e. The Morgan fingerprint density at radius 2 is 2.29 bits per heavy atom. The van der Waals surface area contributed by atoms with Crippen LogP contribution in [0.4, 0.5) is 14.9 Å². The Labute approximate surface area is 99.2 Å². The fourth-order valence-electron chi connectivity index (χ4n) is 0.958. The lowest BCUT2D eigenvalue weighted by Gasteiger charge is -1.99. The molecule has 90 valence electrons. The number of nitro benzene ring substituents is 1. The number of halogens is 2. The molecule has 0 aliphatic carbocycles. The lowest BCUT2D eigenvalue weighted by atomic mass is 10.2. The molecular weight excluding hydrogens is 255 g/mol. The maximum absolute atomic E-state index is 13.3. The molecule has 3 N–H and O–H groups in total. The number of rotatable bonds is 3. The van der Waals surface area contributed by atoms with Gasteiger partial charge in [-0.05, 0) is 0 Å². The summed E-state index contributed by atoms with van der Waals surface area (Å²) < 4.78 is 13.3. The number of nitrogens with zero attached hydrogens (tertiary/aromatic N) is 2. The van der Waals surface area contributed by atoms with E-state index in [2.05, 4.69) is 5.10 Å². The summed E-state index contributed by atoms with van der Waals surface area (Å²) in [6.45, 7) is 0. The Morgan fingerprint density at radius 1 is 1.65 bits per heavy atom.